The van der Waals surface area contributed by atoms with Crippen LogP contribution in [-0.4, -0.2) is 4.57 Å². The molecule has 0 N–H and O–H groups in total. The predicted octanol–water partition coefficient (Wildman–Crippen LogP) is 4.99. The van der Waals surface area contributed by atoms with E-state index in [1.807, 2.05) is 0 Å². The van der Waals surface area contributed by atoms with Crippen LogP contribution in [0.5, 0.6) is 0 Å². The van der Waals surface area contributed by atoms with Crippen molar-refractivity contribution in [3.63, 3.8) is 0 Å². The molecule has 0 bridgehead atoms. The topological polar surface area (TPSA) is 4.93 Å². The van der Waals surface area contributed by atoms with Crippen molar-refractivity contribution in [3.05, 3.63) is 71.9 Å². The van der Waals surface area contributed by atoms with Crippen molar-refractivity contribution >= 4 is 10.9 Å². The van der Waals surface area contributed by atoms with E-state index in [1.54, 1.807) is 0 Å². The normalized spacial score (nSPS) is 11.9. The number of aromatic nitrogens is 1. The summed E-state index contributed by atoms with van der Waals surface area (Å²) in [6, 6.07) is 19.6. The zero-order valence-electron chi connectivity index (χ0n) is 12.4. The SMILES string of the molecule is CC(C)(C)c1ccc2ccn(Cc3ccccc3)c2c1. The molecule has 0 saturated heterocycles. The zero-order valence-corrected chi connectivity index (χ0v) is 12.4. The van der Waals surface area contributed by atoms with Gasteiger partial charge in [0.05, 0.1) is 0 Å². The molecule has 0 radical (unpaired) electrons. The Morgan fingerprint density at radius 2 is 1.65 bits per heavy atom. The van der Waals surface area contributed by atoms with Gasteiger partial charge in [-0.2, -0.15) is 0 Å². The van der Waals surface area contributed by atoms with Gasteiger partial charge in [0.2, 0.25) is 0 Å². The van der Waals surface area contributed by atoms with Crippen molar-refractivity contribution in [3.8, 4) is 0 Å². The van der Waals surface area contributed by atoms with Gasteiger partial charge < -0.3 is 4.57 Å². The summed E-state index contributed by atoms with van der Waals surface area (Å²) in [7, 11) is 0. The zero-order chi connectivity index (χ0) is 14.2. The smallest absolute Gasteiger partial charge is 0.0486 e. The van der Waals surface area contributed by atoms with Crippen molar-refractivity contribution in [1.29, 1.82) is 0 Å². The fraction of sp³-hybridized carbons (Fsp3) is 0.263. The van der Waals surface area contributed by atoms with Gasteiger partial charge in [0.25, 0.3) is 0 Å². The van der Waals surface area contributed by atoms with Gasteiger partial charge in [-0.1, -0.05) is 63.2 Å². The largest absolute Gasteiger partial charge is 0.343 e. The number of nitrogens with zero attached hydrogens (tertiary/aromatic N) is 1. The lowest BCUT2D eigenvalue weighted by Gasteiger charge is -2.19. The second-order valence-corrected chi connectivity index (χ2v) is 6.45. The molecule has 0 spiro atoms. The standard InChI is InChI=1S/C19H21N/c1-19(2,3)17-10-9-16-11-12-20(18(16)13-17)14-15-7-5-4-6-8-15/h4-13H,14H2,1-3H3. The molecule has 20 heavy (non-hydrogen) atoms. The first-order chi connectivity index (χ1) is 9.54. The maximum atomic E-state index is 2.33. The summed E-state index contributed by atoms with van der Waals surface area (Å²) in [6.07, 6.45) is 2.18. The first-order valence-corrected chi connectivity index (χ1v) is 7.17. The highest BCUT2D eigenvalue weighted by Crippen LogP contribution is 2.27. The lowest BCUT2D eigenvalue weighted by molar-refractivity contribution is 0.590. The first-order valence-electron chi connectivity index (χ1n) is 7.17. The Bertz CT molecular complexity index is 714. The van der Waals surface area contributed by atoms with Crippen LogP contribution >= 0.6 is 0 Å². The van der Waals surface area contributed by atoms with Crippen LogP contribution in [0, 0.1) is 0 Å². The molecular weight excluding hydrogens is 242 g/mol. The molecule has 1 aromatic heterocycles. The third kappa shape index (κ3) is 2.49. The quantitative estimate of drug-likeness (QED) is 0.614. The van der Waals surface area contributed by atoms with Gasteiger partial charge in [-0.05, 0) is 34.1 Å². The fourth-order valence-electron chi connectivity index (χ4n) is 2.57. The van der Waals surface area contributed by atoms with Crippen LogP contribution < -0.4 is 0 Å². The Morgan fingerprint density at radius 3 is 2.35 bits per heavy atom. The van der Waals surface area contributed by atoms with Crippen LogP contribution in [0.1, 0.15) is 31.9 Å². The van der Waals surface area contributed by atoms with Gasteiger partial charge in [0.1, 0.15) is 0 Å². The Hall–Kier alpha value is -2.02. The average Bonchev–Trinajstić information content (AvgIpc) is 2.82. The lowest BCUT2D eigenvalue weighted by atomic mass is 9.87. The van der Waals surface area contributed by atoms with E-state index in [0.29, 0.717) is 0 Å². The van der Waals surface area contributed by atoms with E-state index in [-0.39, 0.29) is 5.41 Å². The Kier molecular flexibility index (Phi) is 3.13. The summed E-state index contributed by atoms with van der Waals surface area (Å²) in [5, 5.41) is 1.31. The monoisotopic (exact) mass is 263 g/mol. The van der Waals surface area contributed by atoms with Crippen LogP contribution in [0.4, 0.5) is 0 Å². The van der Waals surface area contributed by atoms with Gasteiger partial charge in [-0.3, -0.25) is 0 Å². The van der Waals surface area contributed by atoms with Crippen LogP contribution in [0.2, 0.25) is 0 Å². The lowest BCUT2D eigenvalue weighted by Crippen LogP contribution is -2.11. The number of benzene rings is 2. The molecule has 0 aliphatic rings. The maximum absolute atomic E-state index is 2.33. The summed E-state index contributed by atoms with van der Waals surface area (Å²) in [4.78, 5) is 0. The molecule has 0 aliphatic carbocycles. The summed E-state index contributed by atoms with van der Waals surface area (Å²) in [6.45, 7) is 7.72. The molecular formula is C19H21N. The Morgan fingerprint density at radius 1 is 0.900 bits per heavy atom. The van der Waals surface area contributed by atoms with Gasteiger partial charge in [-0.15, -0.1) is 0 Å². The molecule has 1 heterocycles. The van der Waals surface area contributed by atoms with E-state index in [4.69, 9.17) is 0 Å². The predicted molar refractivity (Wildman–Crippen MR) is 86.2 cm³/mol. The van der Waals surface area contributed by atoms with E-state index >= 15 is 0 Å². The highest BCUT2D eigenvalue weighted by atomic mass is 14.9. The van der Waals surface area contributed by atoms with E-state index in [0.717, 1.165) is 6.54 Å². The molecule has 3 aromatic rings. The second kappa shape index (κ2) is 4.82. The van der Waals surface area contributed by atoms with Crippen molar-refractivity contribution in [2.24, 2.45) is 0 Å². The number of fused-ring (bicyclic) bond motifs is 1. The number of hydrogen-bond donors (Lipinski definition) is 0. The van der Waals surface area contributed by atoms with Crippen molar-refractivity contribution in [2.75, 3.05) is 0 Å². The van der Waals surface area contributed by atoms with E-state index in [9.17, 15) is 0 Å². The molecule has 2 aromatic carbocycles. The molecule has 1 heteroatoms. The molecule has 0 atom stereocenters. The highest BCUT2D eigenvalue weighted by Gasteiger charge is 2.14. The van der Waals surface area contributed by atoms with Gasteiger partial charge >= 0.3 is 0 Å². The molecule has 0 fully saturated rings. The molecule has 0 saturated carbocycles. The summed E-state index contributed by atoms with van der Waals surface area (Å²) >= 11 is 0. The number of rotatable bonds is 2. The van der Waals surface area contributed by atoms with Crippen molar-refractivity contribution in [2.45, 2.75) is 32.7 Å². The summed E-state index contributed by atoms with van der Waals surface area (Å²) in [5.41, 5.74) is 4.24. The van der Waals surface area contributed by atoms with Crippen molar-refractivity contribution < 1.29 is 0 Å². The minimum Gasteiger partial charge on any atom is -0.343 e. The van der Waals surface area contributed by atoms with Crippen LogP contribution in [-0.2, 0) is 12.0 Å². The van der Waals surface area contributed by atoms with Gasteiger partial charge in [0.15, 0.2) is 0 Å². The van der Waals surface area contributed by atoms with E-state index < -0.39 is 0 Å². The minimum absolute atomic E-state index is 0.191. The Labute approximate surface area is 120 Å². The van der Waals surface area contributed by atoms with Gasteiger partial charge in [0, 0.05) is 18.3 Å². The van der Waals surface area contributed by atoms with Crippen molar-refractivity contribution in [1.82, 2.24) is 4.57 Å². The van der Waals surface area contributed by atoms with Crippen LogP contribution in [0.3, 0.4) is 0 Å². The van der Waals surface area contributed by atoms with E-state index in [2.05, 4.69) is 86.1 Å². The highest BCUT2D eigenvalue weighted by molar-refractivity contribution is 5.81. The molecule has 0 aliphatic heterocycles. The third-order valence-electron chi connectivity index (χ3n) is 3.84. The van der Waals surface area contributed by atoms with E-state index in [1.165, 1.54) is 22.0 Å². The molecule has 102 valence electrons. The molecule has 3 rings (SSSR count). The Balaban J connectivity index is 2.03. The fourth-order valence-corrected chi connectivity index (χ4v) is 2.57. The average molecular weight is 263 g/mol. The molecule has 0 unspecified atom stereocenters. The maximum Gasteiger partial charge on any atom is 0.0486 e. The van der Waals surface area contributed by atoms with Crippen LogP contribution in [0.25, 0.3) is 10.9 Å². The summed E-state index contributed by atoms with van der Waals surface area (Å²) < 4.78 is 2.33. The molecule has 1 nitrogen and oxygen atoms in total. The molecule has 0 amide bonds. The number of hydrogen-bond acceptors (Lipinski definition) is 0. The minimum atomic E-state index is 0.191. The van der Waals surface area contributed by atoms with Crippen LogP contribution in [0.15, 0.2) is 60.8 Å². The third-order valence-corrected chi connectivity index (χ3v) is 3.84. The first kappa shape index (κ1) is 13.0. The van der Waals surface area contributed by atoms with Gasteiger partial charge in [-0.25, -0.2) is 0 Å². The summed E-state index contributed by atoms with van der Waals surface area (Å²) in [5.74, 6) is 0. The second-order valence-electron chi connectivity index (χ2n) is 6.45.